The summed E-state index contributed by atoms with van der Waals surface area (Å²) in [6.45, 7) is 6.18. The SMILES string of the molecule is Cc1cc(C(=O)NCCC(C)(C)CCC(=O)O)no1. The van der Waals surface area contributed by atoms with Gasteiger partial charge in [-0.3, -0.25) is 9.59 Å². The third kappa shape index (κ3) is 5.54. The first kappa shape index (κ1) is 15.2. The Morgan fingerprint density at radius 2 is 2.11 bits per heavy atom. The number of nitrogens with one attached hydrogen (secondary N) is 1. The minimum absolute atomic E-state index is 0.120. The molecule has 0 atom stereocenters. The first-order valence-electron chi connectivity index (χ1n) is 6.23. The van der Waals surface area contributed by atoms with Gasteiger partial charge in [0, 0.05) is 19.0 Å². The van der Waals surface area contributed by atoms with Gasteiger partial charge in [-0.1, -0.05) is 19.0 Å². The van der Waals surface area contributed by atoms with Crippen LogP contribution in [-0.4, -0.2) is 28.7 Å². The first-order valence-corrected chi connectivity index (χ1v) is 6.23. The zero-order valence-corrected chi connectivity index (χ0v) is 11.5. The number of carbonyl (C=O) groups excluding carboxylic acids is 1. The molecule has 0 aromatic carbocycles. The monoisotopic (exact) mass is 268 g/mol. The average Bonchev–Trinajstić information content (AvgIpc) is 2.73. The van der Waals surface area contributed by atoms with Crippen LogP contribution in [0.3, 0.4) is 0 Å². The molecule has 0 saturated carbocycles. The largest absolute Gasteiger partial charge is 0.481 e. The average molecular weight is 268 g/mol. The van der Waals surface area contributed by atoms with Gasteiger partial charge in [0.2, 0.25) is 0 Å². The molecule has 0 aliphatic heterocycles. The Hall–Kier alpha value is -1.85. The van der Waals surface area contributed by atoms with E-state index in [-0.39, 0.29) is 23.4 Å². The zero-order valence-electron chi connectivity index (χ0n) is 11.5. The predicted molar refractivity (Wildman–Crippen MR) is 68.8 cm³/mol. The number of hydrogen-bond donors (Lipinski definition) is 2. The smallest absolute Gasteiger partial charge is 0.303 e. The minimum Gasteiger partial charge on any atom is -0.481 e. The molecule has 19 heavy (non-hydrogen) atoms. The van der Waals surface area contributed by atoms with Crippen molar-refractivity contribution in [3.05, 3.63) is 17.5 Å². The molecule has 106 valence electrons. The first-order chi connectivity index (χ1) is 8.80. The summed E-state index contributed by atoms with van der Waals surface area (Å²) in [6, 6.07) is 1.57. The van der Waals surface area contributed by atoms with E-state index in [0.29, 0.717) is 25.1 Å². The number of rotatable bonds is 7. The molecule has 1 rings (SSSR count). The van der Waals surface area contributed by atoms with Crippen LogP contribution >= 0.6 is 0 Å². The summed E-state index contributed by atoms with van der Waals surface area (Å²) in [5.41, 5.74) is 0.145. The van der Waals surface area contributed by atoms with E-state index in [1.54, 1.807) is 13.0 Å². The quantitative estimate of drug-likeness (QED) is 0.789. The van der Waals surface area contributed by atoms with Crippen molar-refractivity contribution < 1.29 is 19.2 Å². The van der Waals surface area contributed by atoms with Gasteiger partial charge in [-0.05, 0) is 25.2 Å². The van der Waals surface area contributed by atoms with E-state index in [1.165, 1.54) is 0 Å². The van der Waals surface area contributed by atoms with Crippen LogP contribution in [0.5, 0.6) is 0 Å². The molecular weight excluding hydrogens is 248 g/mol. The molecule has 0 fully saturated rings. The number of carboxylic acid groups (broad SMARTS) is 1. The standard InChI is InChI=1S/C13H20N2O4/c1-9-8-10(15-19-9)12(18)14-7-6-13(2,3)5-4-11(16)17/h8H,4-7H2,1-3H3,(H,14,18)(H,16,17). The van der Waals surface area contributed by atoms with Crippen molar-refractivity contribution in [2.45, 2.75) is 40.0 Å². The molecule has 0 unspecified atom stereocenters. The molecular formula is C13H20N2O4. The molecule has 0 saturated heterocycles. The van der Waals surface area contributed by atoms with Gasteiger partial charge in [-0.25, -0.2) is 0 Å². The Morgan fingerprint density at radius 1 is 1.42 bits per heavy atom. The summed E-state index contributed by atoms with van der Waals surface area (Å²) in [7, 11) is 0. The van der Waals surface area contributed by atoms with Crippen LogP contribution < -0.4 is 5.32 Å². The fraction of sp³-hybridized carbons (Fsp3) is 0.615. The second-order valence-corrected chi connectivity index (χ2v) is 5.39. The van der Waals surface area contributed by atoms with Gasteiger partial charge < -0.3 is 14.9 Å². The van der Waals surface area contributed by atoms with Gasteiger partial charge in [0.15, 0.2) is 5.69 Å². The van der Waals surface area contributed by atoms with E-state index >= 15 is 0 Å². The Balaban J connectivity index is 2.33. The molecule has 6 nitrogen and oxygen atoms in total. The van der Waals surface area contributed by atoms with Crippen molar-refractivity contribution in [2.24, 2.45) is 5.41 Å². The van der Waals surface area contributed by atoms with E-state index in [4.69, 9.17) is 9.63 Å². The Labute approximate surface area is 112 Å². The minimum atomic E-state index is -0.796. The predicted octanol–water partition coefficient (Wildman–Crippen LogP) is 1.99. The number of carboxylic acids is 1. The molecule has 1 amide bonds. The van der Waals surface area contributed by atoms with Crippen molar-refractivity contribution in [3.8, 4) is 0 Å². The van der Waals surface area contributed by atoms with E-state index in [0.717, 1.165) is 0 Å². The summed E-state index contributed by atoms with van der Waals surface area (Å²) in [5, 5.41) is 15.0. The number of nitrogens with zero attached hydrogens (tertiary/aromatic N) is 1. The third-order valence-corrected chi connectivity index (χ3v) is 2.96. The van der Waals surface area contributed by atoms with Gasteiger partial charge in [-0.2, -0.15) is 0 Å². The molecule has 2 N–H and O–H groups in total. The summed E-state index contributed by atoms with van der Waals surface area (Å²) < 4.78 is 4.82. The second-order valence-electron chi connectivity index (χ2n) is 5.39. The molecule has 0 aliphatic carbocycles. The molecule has 0 bridgehead atoms. The van der Waals surface area contributed by atoms with Crippen molar-refractivity contribution in [1.29, 1.82) is 0 Å². The Morgan fingerprint density at radius 3 is 2.63 bits per heavy atom. The van der Waals surface area contributed by atoms with Crippen molar-refractivity contribution in [3.63, 3.8) is 0 Å². The van der Waals surface area contributed by atoms with Gasteiger partial charge >= 0.3 is 5.97 Å². The lowest BCUT2D eigenvalue weighted by Crippen LogP contribution is -2.28. The highest BCUT2D eigenvalue weighted by molar-refractivity contribution is 5.92. The lowest BCUT2D eigenvalue weighted by molar-refractivity contribution is -0.137. The van der Waals surface area contributed by atoms with Crippen molar-refractivity contribution in [1.82, 2.24) is 10.5 Å². The molecule has 0 spiro atoms. The second kappa shape index (κ2) is 6.36. The summed E-state index contributed by atoms with van der Waals surface area (Å²) in [5.74, 6) is -0.479. The maximum atomic E-state index is 11.7. The van der Waals surface area contributed by atoms with Crippen LogP contribution in [0.25, 0.3) is 0 Å². The third-order valence-electron chi connectivity index (χ3n) is 2.96. The number of amides is 1. The van der Waals surface area contributed by atoms with Gasteiger partial charge in [0.25, 0.3) is 5.91 Å². The Bertz CT molecular complexity index is 451. The lowest BCUT2D eigenvalue weighted by Gasteiger charge is -2.23. The van der Waals surface area contributed by atoms with Gasteiger partial charge in [0.1, 0.15) is 5.76 Å². The van der Waals surface area contributed by atoms with E-state index in [2.05, 4.69) is 10.5 Å². The highest BCUT2D eigenvalue weighted by atomic mass is 16.5. The van der Waals surface area contributed by atoms with Crippen LogP contribution in [0, 0.1) is 12.3 Å². The number of aryl methyl sites for hydroxylation is 1. The van der Waals surface area contributed by atoms with Crippen LogP contribution in [0.15, 0.2) is 10.6 Å². The molecule has 1 aromatic rings. The number of carbonyl (C=O) groups is 2. The lowest BCUT2D eigenvalue weighted by atomic mass is 9.84. The highest BCUT2D eigenvalue weighted by Crippen LogP contribution is 2.26. The number of aliphatic carboxylic acids is 1. The van der Waals surface area contributed by atoms with E-state index in [1.807, 2.05) is 13.8 Å². The summed E-state index contributed by atoms with van der Waals surface area (Å²) in [4.78, 5) is 22.2. The van der Waals surface area contributed by atoms with Crippen molar-refractivity contribution in [2.75, 3.05) is 6.54 Å². The van der Waals surface area contributed by atoms with Crippen LogP contribution in [0.2, 0.25) is 0 Å². The highest BCUT2D eigenvalue weighted by Gasteiger charge is 2.19. The van der Waals surface area contributed by atoms with E-state index in [9.17, 15) is 9.59 Å². The van der Waals surface area contributed by atoms with Crippen LogP contribution in [0.1, 0.15) is 49.4 Å². The molecule has 0 aliphatic rings. The number of aromatic nitrogens is 1. The summed E-state index contributed by atoms with van der Waals surface area (Å²) in [6.07, 6.45) is 1.44. The normalized spacial score (nSPS) is 11.3. The zero-order chi connectivity index (χ0) is 14.5. The van der Waals surface area contributed by atoms with Gasteiger partial charge in [0.05, 0.1) is 0 Å². The number of hydrogen-bond acceptors (Lipinski definition) is 4. The van der Waals surface area contributed by atoms with Crippen LogP contribution in [0.4, 0.5) is 0 Å². The van der Waals surface area contributed by atoms with Gasteiger partial charge in [-0.15, -0.1) is 0 Å². The van der Waals surface area contributed by atoms with Crippen molar-refractivity contribution >= 4 is 11.9 Å². The molecule has 0 radical (unpaired) electrons. The molecule has 6 heteroatoms. The maximum absolute atomic E-state index is 11.7. The Kier molecular flexibility index (Phi) is 5.09. The fourth-order valence-corrected chi connectivity index (χ4v) is 1.65. The fourth-order valence-electron chi connectivity index (χ4n) is 1.65. The summed E-state index contributed by atoms with van der Waals surface area (Å²) >= 11 is 0. The molecule has 1 aromatic heterocycles. The molecule has 1 heterocycles. The van der Waals surface area contributed by atoms with Crippen LogP contribution in [-0.2, 0) is 4.79 Å². The maximum Gasteiger partial charge on any atom is 0.303 e. The topological polar surface area (TPSA) is 92.4 Å². The van der Waals surface area contributed by atoms with E-state index < -0.39 is 5.97 Å².